The molecule has 0 aliphatic heterocycles. The molecular weight excluding hydrogens is 458 g/mol. The van der Waals surface area contributed by atoms with Crippen molar-refractivity contribution in [1.82, 2.24) is 29.1 Å². The van der Waals surface area contributed by atoms with E-state index in [1.54, 1.807) is 0 Å². The molecular formula is C27H21BKN6. The van der Waals surface area contributed by atoms with Gasteiger partial charge in [0, 0.05) is 16.7 Å². The maximum absolute atomic E-state index is 4.89. The van der Waals surface area contributed by atoms with Crippen LogP contribution >= 0.6 is 0 Å². The first kappa shape index (κ1) is 23.7. The predicted octanol–water partition coefficient (Wildman–Crippen LogP) is 2.21. The Kier molecular flexibility index (Phi) is 7.27. The summed E-state index contributed by atoms with van der Waals surface area (Å²) in [6.45, 7) is 0. The van der Waals surface area contributed by atoms with Crippen LogP contribution in [0.3, 0.4) is 0 Å². The van der Waals surface area contributed by atoms with Gasteiger partial charge in [0.1, 0.15) is 0 Å². The third-order valence-electron chi connectivity index (χ3n) is 5.74. The number of benzene rings is 3. The number of hydrogen-bond donors (Lipinski definition) is 0. The molecule has 0 aliphatic carbocycles. The maximum atomic E-state index is 4.89. The molecule has 0 unspecified atom stereocenters. The minimum Gasteiger partial charge on any atom is -0.424 e. The van der Waals surface area contributed by atoms with E-state index in [0.717, 1.165) is 33.8 Å². The summed E-state index contributed by atoms with van der Waals surface area (Å²) in [6.07, 6.45) is 5.92. The Bertz CT molecular complexity index is 1320. The second-order valence-electron chi connectivity index (χ2n) is 7.99. The molecule has 6 aromatic rings. The van der Waals surface area contributed by atoms with Crippen LogP contribution in [0.4, 0.5) is 0 Å². The van der Waals surface area contributed by atoms with Crippen molar-refractivity contribution in [2.24, 2.45) is 0 Å². The fourth-order valence-corrected chi connectivity index (χ4v) is 4.05. The molecule has 3 aromatic carbocycles. The van der Waals surface area contributed by atoms with Gasteiger partial charge in [0.05, 0.1) is 17.1 Å². The number of rotatable bonds is 6. The van der Waals surface area contributed by atoms with E-state index in [0.29, 0.717) is 0 Å². The number of aromatic nitrogens is 6. The summed E-state index contributed by atoms with van der Waals surface area (Å²) in [4.78, 5) is 0. The van der Waals surface area contributed by atoms with Gasteiger partial charge in [-0.15, -0.1) is 0 Å². The predicted molar refractivity (Wildman–Crippen MR) is 135 cm³/mol. The summed E-state index contributed by atoms with van der Waals surface area (Å²) in [5.74, 6) is 0. The van der Waals surface area contributed by atoms with Gasteiger partial charge in [0.15, 0.2) is 0 Å². The van der Waals surface area contributed by atoms with Crippen LogP contribution in [0.5, 0.6) is 0 Å². The van der Waals surface area contributed by atoms with Gasteiger partial charge in [-0.3, -0.25) is 0 Å². The number of hydrogen-bond acceptors (Lipinski definition) is 3. The van der Waals surface area contributed by atoms with E-state index in [9.17, 15) is 0 Å². The van der Waals surface area contributed by atoms with E-state index < -0.39 is 7.12 Å². The Morgan fingerprint density at radius 2 is 0.686 bits per heavy atom. The first-order valence-corrected chi connectivity index (χ1v) is 11.2. The Morgan fingerprint density at radius 3 is 0.971 bits per heavy atom. The summed E-state index contributed by atoms with van der Waals surface area (Å²) in [6, 6.07) is 36.6. The van der Waals surface area contributed by atoms with E-state index in [1.807, 2.05) is 105 Å². The van der Waals surface area contributed by atoms with Crippen LogP contribution in [-0.2, 0) is 0 Å². The van der Waals surface area contributed by atoms with Crippen molar-refractivity contribution in [2.45, 2.75) is 0 Å². The molecule has 6 rings (SSSR count). The van der Waals surface area contributed by atoms with Crippen LogP contribution in [0.2, 0.25) is 0 Å². The first-order chi connectivity index (χ1) is 16.8. The van der Waals surface area contributed by atoms with Gasteiger partial charge < -0.3 is 13.8 Å². The van der Waals surface area contributed by atoms with Gasteiger partial charge in [0.25, 0.3) is 7.12 Å². The summed E-state index contributed by atoms with van der Waals surface area (Å²) in [5, 5.41) is 14.7. The number of nitrogens with zero attached hydrogens (tertiary/aromatic N) is 6. The van der Waals surface area contributed by atoms with Crippen LogP contribution < -0.4 is 51.4 Å². The summed E-state index contributed by atoms with van der Waals surface area (Å²) < 4.78 is 5.68. The summed E-state index contributed by atoms with van der Waals surface area (Å²) in [5.41, 5.74) is 5.90. The summed E-state index contributed by atoms with van der Waals surface area (Å²) >= 11 is 0. The van der Waals surface area contributed by atoms with E-state index >= 15 is 0 Å². The molecule has 0 atom stereocenters. The molecule has 163 valence electrons. The fourth-order valence-electron chi connectivity index (χ4n) is 4.05. The molecule has 3 heterocycles. The second kappa shape index (κ2) is 10.7. The SMILES string of the molecule is [K+].c1ccc(-c2ccn([B-](n3ccc(-c4ccccc4)n3)n3ccc(-c4ccccc4)n3)n2)cc1. The Balaban J connectivity index is 0.00000253. The van der Waals surface area contributed by atoms with Crippen molar-refractivity contribution in [2.75, 3.05) is 0 Å². The molecule has 35 heavy (non-hydrogen) atoms. The molecule has 1 radical (unpaired) electrons. The van der Waals surface area contributed by atoms with Gasteiger partial charge in [-0.1, -0.05) is 91.0 Å². The zero-order valence-electron chi connectivity index (χ0n) is 19.4. The van der Waals surface area contributed by atoms with Crippen molar-refractivity contribution >= 4 is 7.12 Å². The van der Waals surface area contributed by atoms with Crippen LogP contribution in [0.25, 0.3) is 33.8 Å². The Hall–Kier alpha value is -3.01. The van der Waals surface area contributed by atoms with Crippen molar-refractivity contribution in [3.8, 4) is 33.8 Å². The van der Waals surface area contributed by atoms with Gasteiger partial charge >= 0.3 is 51.4 Å². The monoisotopic (exact) mass is 479 g/mol. The molecule has 0 spiro atoms. The average molecular weight is 479 g/mol. The normalized spacial score (nSPS) is 10.9. The molecule has 0 aliphatic rings. The molecule has 0 saturated carbocycles. The fraction of sp³-hybridized carbons (Fsp3) is 0. The van der Waals surface area contributed by atoms with Crippen LogP contribution in [0.15, 0.2) is 128 Å². The Morgan fingerprint density at radius 1 is 0.400 bits per heavy atom. The van der Waals surface area contributed by atoms with E-state index in [2.05, 4.69) is 36.4 Å². The van der Waals surface area contributed by atoms with Gasteiger partial charge in [-0.2, -0.15) is 0 Å². The molecule has 0 N–H and O–H groups in total. The van der Waals surface area contributed by atoms with Gasteiger partial charge in [-0.05, 0) is 36.8 Å². The van der Waals surface area contributed by atoms with E-state index in [-0.39, 0.29) is 51.4 Å². The largest absolute Gasteiger partial charge is 1.00 e. The summed E-state index contributed by atoms with van der Waals surface area (Å²) in [7, 11) is -0.396. The zero-order chi connectivity index (χ0) is 22.7. The molecule has 0 amide bonds. The van der Waals surface area contributed by atoms with E-state index in [4.69, 9.17) is 15.3 Å². The minimum absolute atomic E-state index is 0. The van der Waals surface area contributed by atoms with Crippen molar-refractivity contribution in [1.29, 1.82) is 0 Å². The van der Waals surface area contributed by atoms with Crippen molar-refractivity contribution in [3.05, 3.63) is 128 Å². The Labute approximate surface area is 246 Å². The third kappa shape index (κ3) is 5.03. The van der Waals surface area contributed by atoms with Crippen molar-refractivity contribution in [3.63, 3.8) is 0 Å². The standard InChI is InChI=1S/C27H21BN6.K/c1-4-10-22(11-5-1)25-16-19-32(29-25)28(33-20-17-26(30-33)23-12-6-2-7-13-23)34-21-18-27(31-34)24-14-8-3-9-15-24;/h1-21H;/q-1;+1. The van der Waals surface area contributed by atoms with Gasteiger partial charge in [0.2, 0.25) is 0 Å². The van der Waals surface area contributed by atoms with E-state index in [1.165, 1.54) is 0 Å². The third-order valence-corrected chi connectivity index (χ3v) is 5.74. The molecule has 0 bridgehead atoms. The molecule has 0 saturated heterocycles. The smallest absolute Gasteiger partial charge is 0.424 e. The topological polar surface area (TPSA) is 53.5 Å². The van der Waals surface area contributed by atoms with Gasteiger partial charge in [-0.25, -0.2) is 15.3 Å². The maximum Gasteiger partial charge on any atom is 1.00 e. The first-order valence-electron chi connectivity index (χ1n) is 11.2. The molecule has 8 heteroatoms. The average Bonchev–Trinajstić information content (AvgIpc) is 3.68. The van der Waals surface area contributed by atoms with Crippen LogP contribution in [-0.4, -0.2) is 36.2 Å². The quantitative estimate of drug-likeness (QED) is 0.345. The zero-order valence-corrected chi connectivity index (χ0v) is 22.5. The minimum atomic E-state index is -0.396. The second-order valence-corrected chi connectivity index (χ2v) is 7.99. The van der Waals surface area contributed by atoms with Crippen LogP contribution in [0, 0.1) is 0 Å². The van der Waals surface area contributed by atoms with Crippen molar-refractivity contribution < 1.29 is 51.4 Å². The van der Waals surface area contributed by atoms with Crippen LogP contribution in [0.1, 0.15) is 0 Å². The molecule has 6 nitrogen and oxygen atoms in total. The molecule has 0 fully saturated rings. The molecule has 3 aromatic heterocycles.